The van der Waals surface area contributed by atoms with Gasteiger partial charge in [0.2, 0.25) is 15.9 Å². The van der Waals surface area contributed by atoms with Crippen molar-refractivity contribution in [2.45, 2.75) is 37.6 Å². The second-order valence-electron chi connectivity index (χ2n) is 5.76. The van der Waals surface area contributed by atoms with Crippen LogP contribution in [0.1, 0.15) is 26.7 Å². The van der Waals surface area contributed by atoms with Crippen LogP contribution >= 0.6 is 0 Å². The first-order chi connectivity index (χ1) is 11.9. The fraction of sp³-hybridized carbons (Fsp3) is 0.500. The summed E-state index contributed by atoms with van der Waals surface area (Å²) in [4.78, 5) is 23.3. The van der Waals surface area contributed by atoms with Crippen molar-refractivity contribution in [3.05, 3.63) is 24.3 Å². The quantitative estimate of drug-likeness (QED) is 0.637. The molecule has 0 saturated heterocycles. The molecule has 8 nitrogen and oxygen atoms in total. The van der Waals surface area contributed by atoms with Crippen molar-refractivity contribution in [1.82, 2.24) is 14.9 Å². The van der Waals surface area contributed by atoms with Crippen LogP contribution in [-0.4, -0.2) is 50.3 Å². The number of benzene rings is 1. The van der Waals surface area contributed by atoms with Crippen LogP contribution in [-0.2, 0) is 14.8 Å². The van der Waals surface area contributed by atoms with Crippen LogP contribution in [0.3, 0.4) is 0 Å². The van der Waals surface area contributed by atoms with Gasteiger partial charge in [-0.1, -0.05) is 13.8 Å². The van der Waals surface area contributed by atoms with E-state index in [0.717, 1.165) is 12.8 Å². The summed E-state index contributed by atoms with van der Waals surface area (Å²) in [6.45, 7) is 4.30. The summed E-state index contributed by atoms with van der Waals surface area (Å²) < 4.78 is 26.1. The van der Waals surface area contributed by atoms with Gasteiger partial charge in [0.1, 0.15) is 0 Å². The van der Waals surface area contributed by atoms with E-state index in [1.807, 2.05) is 0 Å². The van der Waals surface area contributed by atoms with Crippen LogP contribution in [0.15, 0.2) is 29.2 Å². The number of urea groups is 1. The Morgan fingerprint density at radius 2 is 1.72 bits per heavy atom. The Morgan fingerprint density at radius 3 is 2.24 bits per heavy atom. The van der Waals surface area contributed by atoms with Gasteiger partial charge in [0.15, 0.2) is 0 Å². The van der Waals surface area contributed by atoms with E-state index in [2.05, 4.69) is 16.0 Å². The van der Waals surface area contributed by atoms with Gasteiger partial charge < -0.3 is 10.6 Å². The Hall–Kier alpha value is -2.13. The molecule has 0 aromatic heterocycles. The number of carbonyl (C=O) groups is 2. The van der Waals surface area contributed by atoms with Crippen LogP contribution in [0, 0.1) is 0 Å². The van der Waals surface area contributed by atoms with Crippen LogP contribution in [0.4, 0.5) is 10.5 Å². The van der Waals surface area contributed by atoms with Crippen molar-refractivity contribution in [1.29, 1.82) is 0 Å². The number of nitrogens with zero attached hydrogens (tertiary/aromatic N) is 1. The standard InChI is InChI=1S/C16H24N4O4S/c1-3-20(4-2)25(23,24)14-9-7-12(8-10-14)17-11-15(21)19-16(22)18-13-5-6-13/h7-10,13,17H,3-6,11H2,1-2H3,(H2,18,19,21,22). The molecule has 0 heterocycles. The van der Waals surface area contributed by atoms with E-state index in [1.165, 1.54) is 16.4 Å². The van der Waals surface area contributed by atoms with E-state index in [9.17, 15) is 18.0 Å². The molecule has 0 spiro atoms. The number of nitrogens with one attached hydrogen (secondary N) is 3. The molecule has 3 amide bonds. The molecule has 1 fully saturated rings. The Kier molecular flexibility index (Phi) is 6.38. The van der Waals surface area contributed by atoms with E-state index < -0.39 is 22.0 Å². The number of carbonyl (C=O) groups excluding carboxylic acids is 2. The third-order valence-electron chi connectivity index (χ3n) is 3.82. The van der Waals surface area contributed by atoms with Crippen molar-refractivity contribution in [3.63, 3.8) is 0 Å². The maximum atomic E-state index is 12.4. The topological polar surface area (TPSA) is 108 Å². The molecule has 0 atom stereocenters. The van der Waals surface area contributed by atoms with Gasteiger partial charge in [0.05, 0.1) is 11.4 Å². The van der Waals surface area contributed by atoms with E-state index >= 15 is 0 Å². The zero-order chi connectivity index (χ0) is 18.4. The van der Waals surface area contributed by atoms with Gasteiger partial charge in [-0.25, -0.2) is 13.2 Å². The van der Waals surface area contributed by atoms with Crippen molar-refractivity contribution < 1.29 is 18.0 Å². The Balaban J connectivity index is 1.87. The van der Waals surface area contributed by atoms with Gasteiger partial charge in [-0.3, -0.25) is 10.1 Å². The monoisotopic (exact) mass is 368 g/mol. The molecule has 1 aromatic rings. The second-order valence-corrected chi connectivity index (χ2v) is 7.70. The number of hydrogen-bond donors (Lipinski definition) is 3. The maximum absolute atomic E-state index is 12.4. The van der Waals surface area contributed by atoms with Gasteiger partial charge in [0.25, 0.3) is 0 Å². The minimum Gasteiger partial charge on any atom is -0.376 e. The minimum absolute atomic E-state index is 0.0831. The van der Waals surface area contributed by atoms with E-state index in [4.69, 9.17) is 0 Å². The zero-order valence-electron chi connectivity index (χ0n) is 14.4. The van der Waals surface area contributed by atoms with Crippen LogP contribution in [0.5, 0.6) is 0 Å². The molecule has 1 aliphatic carbocycles. The van der Waals surface area contributed by atoms with Crippen LogP contribution in [0.2, 0.25) is 0 Å². The average molecular weight is 368 g/mol. The average Bonchev–Trinajstić information content (AvgIpc) is 3.38. The number of hydrogen-bond acceptors (Lipinski definition) is 5. The van der Waals surface area contributed by atoms with E-state index in [1.54, 1.807) is 26.0 Å². The highest BCUT2D eigenvalue weighted by molar-refractivity contribution is 7.89. The predicted octanol–water partition coefficient (Wildman–Crippen LogP) is 1.12. The molecule has 3 N–H and O–H groups in total. The third kappa shape index (κ3) is 5.43. The zero-order valence-corrected chi connectivity index (χ0v) is 15.2. The molecule has 138 valence electrons. The van der Waals surface area contributed by atoms with Crippen molar-refractivity contribution in [2.24, 2.45) is 0 Å². The molecule has 2 rings (SSSR count). The lowest BCUT2D eigenvalue weighted by atomic mass is 10.3. The van der Waals surface area contributed by atoms with Gasteiger partial charge in [-0.2, -0.15) is 4.31 Å². The lowest BCUT2D eigenvalue weighted by Crippen LogP contribution is -2.42. The van der Waals surface area contributed by atoms with Gasteiger partial charge >= 0.3 is 6.03 Å². The summed E-state index contributed by atoms with van der Waals surface area (Å²) in [5.41, 5.74) is 0.594. The highest BCUT2D eigenvalue weighted by Gasteiger charge is 2.24. The third-order valence-corrected chi connectivity index (χ3v) is 5.88. The summed E-state index contributed by atoms with van der Waals surface area (Å²) >= 11 is 0. The summed E-state index contributed by atoms with van der Waals surface area (Å²) in [6.07, 6.45) is 1.89. The molecule has 9 heteroatoms. The fourth-order valence-corrected chi connectivity index (χ4v) is 3.72. The lowest BCUT2D eigenvalue weighted by molar-refractivity contribution is -0.118. The largest absolute Gasteiger partial charge is 0.376 e. The van der Waals surface area contributed by atoms with E-state index in [0.29, 0.717) is 18.8 Å². The van der Waals surface area contributed by atoms with Gasteiger partial charge in [-0.15, -0.1) is 0 Å². The number of anilines is 1. The predicted molar refractivity (Wildman–Crippen MR) is 94.7 cm³/mol. The molecule has 25 heavy (non-hydrogen) atoms. The molecular weight excluding hydrogens is 344 g/mol. The van der Waals surface area contributed by atoms with Crippen LogP contribution < -0.4 is 16.0 Å². The number of sulfonamides is 1. The molecule has 0 unspecified atom stereocenters. The van der Waals surface area contributed by atoms with Crippen LogP contribution in [0.25, 0.3) is 0 Å². The lowest BCUT2D eigenvalue weighted by Gasteiger charge is -2.18. The number of rotatable bonds is 8. The molecule has 1 saturated carbocycles. The molecular formula is C16H24N4O4S. The Morgan fingerprint density at radius 1 is 1.12 bits per heavy atom. The fourth-order valence-electron chi connectivity index (χ4n) is 2.26. The molecule has 0 bridgehead atoms. The molecule has 0 aliphatic heterocycles. The molecule has 0 radical (unpaired) electrons. The normalized spacial score (nSPS) is 14.2. The summed E-state index contributed by atoms with van der Waals surface area (Å²) in [7, 11) is -3.50. The van der Waals surface area contributed by atoms with Crippen molar-refractivity contribution in [3.8, 4) is 0 Å². The Labute approximate surface area is 148 Å². The summed E-state index contributed by atoms with van der Waals surface area (Å²) in [5, 5.41) is 7.75. The highest BCUT2D eigenvalue weighted by atomic mass is 32.2. The van der Waals surface area contributed by atoms with Gasteiger partial charge in [0, 0.05) is 24.8 Å². The SMILES string of the molecule is CCN(CC)S(=O)(=O)c1ccc(NCC(=O)NC(=O)NC2CC2)cc1. The summed E-state index contributed by atoms with van der Waals surface area (Å²) in [5.74, 6) is -0.460. The second kappa shape index (κ2) is 8.30. The van der Waals surface area contributed by atoms with Crippen molar-refractivity contribution in [2.75, 3.05) is 25.0 Å². The first kappa shape index (κ1) is 19.2. The van der Waals surface area contributed by atoms with E-state index in [-0.39, 0.29) is 17.5 Å². The smallest absolute Gasteiger partial charge is 0.321 e. The number of amides is 3. The number of imide groups is 1. The minimum atomic E-state index is -3.50. The Bertz CT molecular complexity index is 710. The maximum Gasteiger partial charge on any atom is 0.321 e. The molecule has 1 aromatic carbocycles. The summed E-state index contributed by atoms with van der Waals surface area (Å²) in [6, 6.07) is 5.86. The molecule has 1 aliphatic rings. The van der Waals surface area contributed by atoms with Gasteiger partial charge in [-0.05, 0) is 37.1 Å². The van der Waals surface area contributed by atoms with Crippen molar-refractivity contribution >= 4 is 27.6 Å². The first-order valence-electron chi connectivity index (χ1n) is 8.31. The highest BCUT2D eigenvalue weighted by Crippen LogP contribution is 2.19. The first-order valence-corrected chi connectivity index (χ1v) is 9.75.